The maximum absolute atomic E-state index is 13.2. The van der Waals surface area contributed by atoms with Gasteiger partial charge in [0, 0.05) is 22.7 Å². The molecule has 0 spiro atoms. The van der Waals surface area contributed by atoms with Gasteiger partial charge in [0.1, 0.15) is 42.4 Å². The number of nitrogens with zero attached hydrogens (tertiary/aromatic N) is 2. The molecular formula is C34H41N4O9S2-. The van der Waals surface area contributed by atoms with Crippen LogP contribution in [-0.4, -0.2) is 53.1 Å². The fraction of sp³-hybridized carbons (Fsp3) is 0.500. The average molecular weight is 714 g/mol. The Balaban J connectivity index is 1.75. The lowest BCUT2D eigenvalue weighted by atomic mass is 9.80. The molecule has 3 aliphatic heterocycles. The number of hydrogen-bond donors (Lipinski definition) is 3. The van der Waals surface area contributed by atoms with Crippen molar-refractivity contribution in [3.05, 3.63) is 57.6 Å². The summed E-state index contributed by atoms with van der Waals surface area (Å²) < 4.78 is 87.4. The summed E-state index contributed by atoms with van der Waals surface area (Å²) in [5.41, 5.74) is 0.523. The molecule has 0 bridgehead atoms. The number of carbonyl (C=O) groups is 1. The Morgan fingerprint density at radius 1 is 0.980 bits per heavy atom. The Hall–Kier alpha value is -3.79. The van der Waals surface area contributed by atoms with Crippen LogP contribution in [0, 0.1) is 0 Å². The number of ether oxygens (including phenoxy) is 1. The molecule has 264 valence electrons. The molecule has 0 aliphatic carbocycles. The van der Waals surface area contributed by atoms with E-state index in [-0.39, 0.29) is 51.6 Å². The number of anilines is 1. The van der Waals surface area contributed by atoms with E-state index in [1.165, 1.54) is 0 Å². The Morgan fingerprint density at radius 2 is 1.65 bits per heavy atom. The first-order chi connectivity index (χ1) is 22.7. The third-order valence-electron chi connectivity index (χ3n) is 9.60. The van der Waals surface area contributed by atoms with Crippen molar-refractivity contribution >= 4 is 37.5 Å². The van der Waals surface area contributed by atoms with E-state index in [1.807, 2.05) is 46.1 Å². The van der Waals surface area contributed by atoms with E-state index in [0.29, 0.717) is 61.2 Å². The number of nitrogens with one attached hydrogen (secondary N) is 2. The van der Waals surface area contributed by atoms with Crippen LogP contribution in [0.2, 0.25) is 0 Å². The van der Waals surface area contributed by atoms with Crippen LogP contribution in [0.4, 0.5) is 5.69 Å². The summed E-state index contributed by atoms with van der Waals surface area (Å²) in [6, 6.07) is 3.54. The summed E-state index contributed by atoms with van der Waals surface area (Å²) in [5.74, 6) is -1.55. The monoisotopic (exact) mass is 713 g/mol. The second-order valence-corrected chi connectivity index (χ2v) is 17.4. The number of imidazole rings is 1. The van der Waals surface area contributed by atoms with Crippen LogP contribution in [0.25, 0.3) is 5.57 Å². The van der Waals surface area contributed by atoms with Crippen LogP contribution < -0.4 is 25.2 Å². The van der Waals surface area contributed by atoms with E-state index in [0.717, 1.165) is 0 Å². The quantitative estimate of drug-likeness (QED) is 0.130. The highest BCUT2D eigenvalue weighted by molar-refractivity contribution is 7.86. The predicted octanol–water partition coefficient (Wildman–Crippen LogP) is 3.71. The molecule has 0 radical (unpaired) electrons. The van der Waals surface area contributed by atoms with Crippen molar-refractivity contribution < 1.29 is 45.1 Å². The fourth-order valence-corrected chi connectivity index (χ4v) is 9.42. The molecule has 49 heavy (non-hydrogen) atoms. The first-order valence-electron chi connectivity index (χ1n) is 16.4. The largest absolute Gasteiger partial charge is 0.744 e. The molecular weight excluding hydrogens is 673 g/mol. The minimum Gasteiger partial charge on any atom is -0.744 e. The Bertz CT molecular complexity index is 2240. The third kappa shape index (κ3) is 6.48. The van der Waals surface area contributed by atoms with Crippen molar-refractivity contribution in [2.45, 2.75) is 119 Å². The van der Waals surface area contributed by atoms with Gasteiger partial charge in [0.25, 0.3) is 5.82 Å². The molecule has 2 unspecified atom stereocenters. The van der Waals surface area contributed by atoms with Crippen molar-refractivity contribution in [1.82, 2.24) is 4.98 Å². The number of aliphatic carboxylic acids is 1. The molecule has 1 aromatic heterocycles. The van der Waals surface area contributed by atoms with Crippen molar-refractivity contribution in [1.29, 1.82) is 0 Å². The summed E-state index contributed by atoms with van der Waals surface area (Å²) in [6.45, 7) is 11.8. The Morgan fingerprint density at radius 3 is 2.31 bits per heavy atom. The van der Waals surface area contributed by atoms with Crippen LogP contribution in [0.3, 0.4) is 0 Å². The maximum atomic E-state index is 13.2. The summed E-state index contributed by atoms with van der Waals surface area (Å²) >= 11 is 0. The minimum absolute atomic E-state index is 0.0320. The van der Waals surface area contributed by atoms with Crippen molar-refractivity contribution in [2.75, 3.05) is 5.32 Å². The Labute approximate surface area is 285 Å². The van der Waals surface area contributed by atoms with E-state index >= 15 is 0 Å². The topological polar surface area (TPSA) is 205 Å². The number of aromatic amines is 1. The van der Waals surface area contributed by atoms with Gasteiger partial charge >= 0.3 is 5.97 Å². The molecule has 3 aliphatic rings. The average Bonchev–Trinajstić information content (AvgIpc) is 3.39. The number of rotatable bonds is 9. The van der Waals surface area contributed by atoms with Gasteiger partial charge in [0.15, 0.2) is 11.5 Å². The molecule has 4 heterocycles. The van der Waals surface area contributed by atoms with Crippen LogP contribution >= 0.6 is 0 Å². The van der Waals surface area contributed by atoms with Crippen LogP contribution in [0.15, 0.2) is 39.3 Å². The third-order valence-corrected chi connectivity index (χ3v) is 11.4. The molecule has 2 atom stereocenters. The zero-order chi connectivity index (χ0) is 35.8. The summed E-state index contributed by atoms with van der Waals surface area (Å²) in [7, 11) is -10.5. The Kier molecular flexibility index (Phi) is 8.53. The smallest absolute Gasteiger partial charge is 0.303 e. The normalized spacial score (nSPS) is 20.5. The number of benzene rings is 2. The zero-order valence-electron chi connectivity index (χ0n) is 28.3. The first-order valence-corrected chi connectivity index (χ1v) is 19.2. The highest BCUT2D eigenvalue weighted by atomic mass is 32.2. The van der Waals surface area contributed by atoms with Gasteiger partial charge < -0.3 is 24.3 Å². The van der Waals surface area contributed by atoms with Gasteiger partial charge in [0.05, 0.1) is 28.7 Å². The summed E-state index contributed by atoms with van der Waals surface area (Å²) in [4.78, 5) is 17.6. The summed E-state index contributed by atoms with van der Waals surface area (Å²) in [5, 5.41) is 12.5. The van der Waals surface area contributed by atoms with Gasteiger partial charge in [-0.1, -0.05) is 13.8 Å². The van der Waals surface area contributed by atoms with Gasteiger partial charge in [-0.25, -0.2) is 26.4 Å². The van der Waals surface area contributed by atoms with E-state index in [1.54, 1.807) is 24.5 Å². The molecule has 2 aromatic carbocycles. The van der Waals surface area contributed by atoms with Crippen LogP contribution in [0.5, 0.6) is 11.5 Å². The minimum atomic E-state index is -5.28. The van der Waals surface area contributed by atoms with Gasteiger partial charge in [-0.2, -0.15) is 0 Å². The van der Waals surface area contributed by atoms with E-state index < -0.39 is 47.1 Å². The first kappa shape index (κ1) is 35.1. The van der Waals surface area contributed by atoms with E-state index in [9.17, 15) is 30.7 Å². The lowest BCUT2D eigenvalue weighted by molar-refractivity contribution is -0.698. The zero-order valence-corrected chi connectivity index (χ0v) is 30.0. The number of aromatic nitrogens is 2. The van der Waals surface area contributed by atoms with Gasteiger partial charge in [-0.3, -0.25) is 9.79 Å². The summed E-state index contributed by atoms with van der Waals surface area (Å²) in [6.07, 6.45) is 6.42. The molecule has 3 N–H and O–H groups in total. The van der Waals surface area contributed by atoms with Gasteiger partial charge in [0.2, 0.25) is 0 Å². The molecule has 0 saturated carbocycles. The SMILES string of the molecule is CC1CC(C)(C)Nc2c1cc1c(c2S(=O)(=O)[O-])Oc2c(S(=O)(=O)[O-])c3c(cc2=C1c1[nH]cc[n+]1CCCCCC(=O)O)C(C)CC(C)(C)N=3. The van der Waals surface area contributed by atoms with Gasteiger partial charge in [-0.15, -0.1) is 0 Å². The highest BCUT2D eigenvalue weighted by Crippen LogP contribution is 2.51. The second kappa shape index (κ2) is 11.9. The number of carboxylic acid groups (broad SMARTS) is 1. The van der Waals surface area contributed by atoms with Crippen molar-refractivity contribution in [3.8, 4) is 11.5 Å². The standard InChI is InChI=1S/C34H42N4O9S2/c1-18-16-33(3,4)36-26-20(18)14-22-25(32-35-11-13-38(32)12-9-7-8-10-24(39)40)23-15-21-19(2)17-34(5,6)37-27(21)31(49(44,45)46)29(23)47-28(22)30(26)48(41,42)43/h11,13-15,18-19H,7-10,12,16-17H2,1-6H3,(H4,36,37,39,40,41,42,43,44,45,46)/p-1. The second-order valence-electron chi connectivity index (χ2n) is 14.8. The molecule has 3 aromatic rings. The number of aryl methyl sites for hydroxylation is 1. The lowest BCUT2D eigenvalue weighted by Crippen LogP contribution is -2.41. The van der Waals surface area contributed by atoms with E-state index in [2.05, 4.69) is 15.3 Å². The fourth-order valence-electron chi connectivity index (χ4n) is 7.84. The maximum Gasteiger partial charge on any atom is 0.303 e. The number of H-pyrrole nitrogens is 1. The van der Waals surface area contributed by atoms with Crippen LogP contribution in [-0.2, 0) is 31.6 Å². The van der Waals surface area contributed by atoms with Crippen LogP contribution in [0.1, 0.15) is 114 Å². The molecule has 6 rings (SSSR count). The molecule has 0 fully saturated rings. The number of hydrogen-bond acceptors (Lipinski definition) is 10. The molecule has 13 nitrogen and oxygen atoms in total. The molecule has 0 amide bonds. The lowest BCUT2D eigenvalue weighted by Gasteiger charge is -2.40. The van der Waals surface area contributed by atoms with E-state index in [4.69, 9.17) is 9.84 Å². The molecule has 0 saturated heterocycles. The number of carboxylic acids is 1. The van der Waals surface area contributed by atoms with Gasteiger partial charge in [-0.05, 0) is 94.9 Å². The highest BCUT2D eigenvalue weighted by Gasteiger charge is 2.41. The van der Waals surface area contributed by atoms with Crippen molar-refractivity contribution in [3.63, 3.8) is 0 Å². The molecule has 15 heteroatoms. The predicted molar refractivity (Wildman–Crippen MR) is 176 cm³/mol. The number of fused-ring (bicyclic) bond motifs is 4. The van der Waals surface area contributed by atoms with Crippen molar-refractivity contribution in [2.24, 2.45) is 4.99 Å². The number of unbranched alkanes of at least 4 members (excludes halogenated alkanes) is 2.